The third kappa shape index (κ3) is 5.20. The van der Waals surface area contributed by atoms with Crippen molar-refractivity contribution in [2.75, 3.05) is 29.5 Å². The SMILES string of the molecule is CCCCOc1ccc(C(C)C)c(-n2nc(C(N)=O)c3c2C(=O)N(c2ccc(N4CCCCC4=O)cc2)CC3)c1. The monoisotopic (exact) mass is 543 g/mol. The van der Waals surface area contributed by atoms with Gasteiger partial charge in [0.15, 0.2) is 5.69 Å². The van der Waals surface area contributed by atoms with Gasteiger partial charge in [-0.3, -0.25) is 14.4 Å². The molecular formula is C31H37N5O4. The molecule has 2 aromatic carbocycles. The molecule has 0 bridgehead atoms. The van der Waals surface area contributed by atoms with Crippen molar-refractivity contribution >= 4 is 29.1 Å². The number of carbonyl (C=O) groups is 3. The van der Waals surface area contributed by atoms with Crippen LogP contribution in [0.5, 0.6) is 5.75 Å². The highest BCUT2D eigenvalue weighted by Crippen LogP contribution is 2.34. The van der Waals surface area contributed by atoms with Crippen molar-refractivity contribution in [3.8, 4) is 11.4 Å². The van der Waals surface area contributed by atoms with Crippen molar-refractivity contribution < 1.29 is 19.1 Å². The molecule has 2 aliphatic rings. The van der Waals surface area contributed by atoms with Gasteiger partial charge >= 0.3 is 0 Å². The number of piperidine rings is 1. The molecule has 210 valence electrons. The molecule has 9 nitrogen and oxygen atoms in total. The summed E-state index contributed by atoms with van der Waals surface area (Å²) in [5, 5.41) is 4.60. The Labute approximate surface area is 234 Å². The third-order valence-electron chi connectivity index (χ3n) is 7.67. The van der Waals surface area contributed by atoms with Crippen molar-refractivity contribution in [3.05, 3.63) is 65.0 Å². The Morgan fingerprint density at radius 3 is 2.38 bits per heavy atom. The highest BCUT2D eigenvalue weighted by Gasteiger charge is 2.35. The fourth-order valence-corrected chi connectivity index (χ4v) is 5.49. The largest absolute Gasteiger partial charge is 0.494 e. The molecule has 0 saturated carbocycles. The molecule has 0 spiro atoms. The van der Waals surface area contributed by atoms with E-state index in [0.717, 1.165) is 42.6 Å². The topological polar surface area (TPSA) is 111 Å². The number of fused-ring (bicyclic) bond motifs is 1. The summed E-state index contributed by atoms with van der Waals surface area (Å²) in [7, 11) is 0. The smallest absolute Gasteiger partial charge is 0.277 e. The lowest BCUT2D eigenvalue weighted by molar-refractivity contribution is -0.119. The molecule has 0 unspecified atom stereocenters. The van der Waals surface area contributed by atoms with Crippen molar-refractivity contribution in [1.82, 2.24) is 9.78 Å². The van der Waals surface area contributed by atoms with E-state index in [1.807, 2.05) is 42.5 Å². The van der Waals surface area contributed by atoms with Gasteiger partial charge in [0.1, 0.15) is 11.4 Å². The first-order chi connectivity index (χ1) is 19.3. The molecule has 2 aliphatic heterocycles. The highest BCUT2D eigenvalue weighted by molar-refractivity contribution is 6.09. The minimum absolute atomic E-state index is 0.119. The maximum absolute atomic E-state index is 14.1. The minimum atomic E-state index is -0.659. The van der Waals surface area contributed by atoms with Crippen LogP contribution in [0.2, 0.25) is 0 Å². The summed E-state index contributed by atoms with van der Waals surface area (Å²) in [6, 6.07) is 13.3. The van der Waals surface area contributed by atoms with Crippen LogP contribution in [-0.4, -0.2) is 47.2 Å². The molecule has 0 atom stereocenters. The maximum atomic E-state index is 14.1. The van der Waals surface area contributed by atoms with E-state index in [-0.39, 0.29) is 23.4 Å². The first-order valence-electron chi connectivity index (χ1n) is 14.2. The number of ether oxygens (including phenoxy) is 1. The Morgan fingerprint density at radius 2 is 1.73 bits per heavy atom. The number of hydrogen-bond acceptors (Lipinski definition) is 5. The van der Waals surface area contributed by atoms with Gasteiger partial charge in [0.2, 0.25) is 5.91 Å². The Kier molecular flexibility index (Phi) is 7.91. The first-order valence-corrected chi connectivity index (χ1v) is 14.2. The molecular weight excluding hydrogens is 506 g/mol. The zero-order chi connectivity index (χ0) is 28.4. The number of hydrogen-bond donors (Lipinski definition) is 1. The number of primary amides is 1. The van der Waals surface area contributed by atoms with E-state index in [2.05, 4.69) is 25.9 Å². The zero-order valence-corrected chi connectivity index (χ0v) is 23.5. The maximum Gasteiger partial charge on any atom is 0.277 e. The van der Waals surface area contributed by atoms with Crippen LogP contribution in [0.25, 0.3) is 5.69 Å². The summed E-state index contributed by atoms with van der Waals surface area (Å²) in [5.41, 5.74) is 9.98. The van der Waals surface area contributed by atoms with E-state index in [4.69, 9.17) is 10.5 Å². The van der Waals surface area contributed by atoms with Crippen LogP contribution < -0.4 is 20.3 Å². The molecule has 0 radical (unpaired) electrons. The summed E-state index contributed by atoms with van der Waals surface area (Å²) < 4.78 is 7.55. The number of anilines is 2. The summed E-state index contributed by atoms with van der Waals surface area (Å²) in [4.78, 5) is 42.4. The highest BCUT2D eigenvalue weighted by atomic mass is 16.5. The van der Waals surface area contributed by atoms with Crippen molar-refractivity contribution in [1.29, 1.82) is 0 Å². The van der Waals surface area contributed by atoms with Gasteiger partial charge in [-0.1, -0.05) is 33.3 Å². The van der Waals surface area contributed by atoms with Gasteiger partial charge in [-0.15, -0.1) is 0 Å². The molecule has 1 fully saturated rings. The van der Waals surface area contributed by atoms with E-state index in [1.165, 1.54) is 0 Å². The molecule has 40 heavy (non-hydrogen) atoms. The van der Waals surface area contributed by atoms with E-state index in [9.17, 15) is 14.4 Å². The van der Waals surface area contributed by atoms with E-state index >= 15 is 0 Å². The third-order valence-corrected chi connectivity index (χ3v) is 7.67. The fraction of sp³-hybridized carbons (Fsp3) is 0.419. The molecule has 3 aromatic rings. The zero-order valence-electron chi connectivity index (χ0n) is 23.5. The second-order valence-corrected chi connectivity index (χ2v) is 10.8. The van der Waals surface area contributed by atoms with Gasteiger partial charge in [0.05, 0.1) is 12.3 Å². The predicted molar refractivity (Wildman–Crippen MR) is 155 cm³/mol. The number of amides is 3. The molecule has 0 aliphatic carbocycles. The number of rotatable bonds is 9. The number of nitrogens with two attached hydrogens (primary N) is 1. The van der Waals surface area contributed by atoms with Crippen LogP contribution in [0.3, 0.4) is 0 Å². The molecule has 3 amide bonds. The van der Waals surface area contributed by atoms with E-state index in [0.29, 0.717) is 55.2 Å². The second-order valence-electron chi connectivity index (χ2n) is 10.8. The molecule has 3 heterocycles. The molecule has 5 rings (SSSR count). The summed E-state index contributed by atoms with van der Waals surface area (Å²) in [6.07, 6.45) is 4.86. The molecule has 1 aromatic heterocycles. The number of carbonyl (C=O) groups excluding carboxylic acids is 3. The van der Waals surface area contributed by atoms with Crippen molar-refractivity contribution in [2.24, 2.45) is 5.73 Å². The van der Waals surface area contributed by atoms with Crippen LogP contribution >= 0.6 is 0 Å². The van der Waals surface area contributed by atoms with Gasteiger partial charge in [0.25, 0.3) is 11.8 Å². The van der Waals surface area contributed by atoms with Crippen LogP contribution in [-0.2, 0) is 11.2 Å². The molecule has 1 saturated heterocycles. The Morgan fingerprint density at radius 1 is 1.00 bits per heavy atom. The van der Waals surface area contributed by atoms with Crippen LogP contribution in [0.1, 0.15) is 90.9 Å². The van der Waals surface area contributed by atoms with Gasteiger partial charge in [0, 0.05) is 42.5 Å². The predicted octanol–water partition coefficient (Wildman–Crippen LogP) is 4.99. The van der Waals surface area contributed by atoms with Gasteiger partial charge in [-0.05, 0) is 67.5 Å². The lowest BCUT2D eigenvalue weighted by Crippen LogP contribution is -2.39. The summed E-state index contributed by atoms with van der Waals surface area (Å²) in [6.45, 7) is 7.94. The lowest BCUT2D eigenvalue weighted by Gasteiger charge is -2.30. The first kappa shape index (κ1) is 27.4. The quantitative estimate of drug-likeness (QED) is 0.382. The summed E-state index contributed by atoms with van der Waals surface area (Å²) in [5.74, 6) is 0.0304. The van der Waals surface area contributed by atoms with Crippen molar-refractivity contribution in [2.45, 2.75) is 65.2 Å². The molecule has 9 heteroatoms. The van der Waals surface area contributed by atoms with Crippen LogP contribution in [0.4, 0.5) is 11.4 Å². The van der Waals surface area contributed by atoms with Crippen molar-refractivity contribution in [3.63, 3.8) is 0 Å². The minimum Gasteiger partial charge on any atom is -0.494 e. The van der Waals surface area contributed by atoms with Gasteiger partial charge in [-0.2, -0.15) is 5.10 Å². The standard InChI is InChI=1S/C31H37N5O4/c1-4-5-18-40-23-13-14-24(20(2)3)26(19-23)36-29-25(28(33-36)30(32)38)15-17-35(31(29)39)22-11-9-21(10-12-22)34-16-7-6-8-27(34)37/h9-14,19-20H,4-8,15-18H2,1-3H3,(H2,32,38). The fourth-order valence-electron chi connectivity index (χ4n) is 5.49. The second kappa shape index (κ2) is 11.5. The average molecular weight is 544 g/mol. The van der Waals surface area contributed by atoms with Gasteiger partial charge < -0.3 is 20.3 Å². The number of benzene rings is 2. The Balaban J connectivity index is 1.53. The normalized spacial score (nSPS) is 15.5. The lowest BCUT2D eigenvalue weighted by atomic mass is 9.99. The average Bonchev–Trinajstić information content (AvgIpc) is 3.35. The number of nitrogens with zero attached hydrogens (tertiary/aromatic N) is 4. The van der Waals surface area contributed by atoms with Crippen LogP contribution in [0.15, 0.2) is 42.5 Å². The summed E-state index contributed by atoms with van der Waals surface area (Å²) >= 11 is 0. The number of unbranched alkanes of at least 4 members (excludes halogenated alkanes) is 1. The van der Waals surface area contributed by atoms with E-state index in [1.54, 1.807) is 14.5 Å². The Hall–Kier alpha value is -4.14. The number of aromatic nitrogens is 2. The van der Waals surface area contributed by atoms with Gasteiger partial charge in [-0.25, -0.2) is 4.68 Å². The van der Waals surface area contributed by atoms with Crippen LogP contribution in [0, 0.1) is 0 Å². The van der Waals surface area contributed by atoms with E-state index < -0.39 is 5.91 Å². The Bertz CT molecular complexity index is 1430. The molecule has 2 N–H and O–H groups in total.